The molecule has 0 radical (unpaired) electrons. The zero-order chi connectivity index (χ0) is 17.4. The number of piperidine rings is 3. The fourth-order valence-corrected chi connectivity index (χ4v) is 5.39. The lowest BCUT2D eigenvalue weighted by Crippen LogP contribution is -2.56. The van der Waals surface area contributed by atoms with Gasteiger partial charge in [0.2, 0.25) is 10.0 Å². The van der Waals surface area contributed by atoms with Crippen LogP contribution in [-0.2, 0) is 10.0 Å². The maximum absolute atomic E-state index is 12.7. The van der Waals surface area contributed by atoms with E-state index in [1.54, 1.807) is 12.1 Å². The molecular formula is C20H24N2O2S. The Balaban J connectivity index is 1.47. The van der Waals surface area contributed by atoms with Crippen LogP contribution in [0.1, 0.15) is 12.8 Å². The van der Waals surface area contributed by atoms with E-state index in [1.807, 2.05) is 30.3 Å². The highest BCUT2D eigenvalue weighted by Gasteiger charge is 2.38. The largest absolute Gasteiger partial charge is 0.298 e. The molecule has 2 bridgehead atoms. The fourth-order valence-electron chi connectivity index (χ4n) is 4.28. The van der Waals surface area contributed by atoms with Crippen molar-refractivity contribution in [2.24, 2.45) is 11.8 Å². The first-order valence-electron chi connectivity index (χ1n) is 8.92. The molecule has 4 nitrogen and oxygen atoms in total. The molecule has 3 saturated heterocycles. The predicted molar refractivity (Wildman–Crippen MR) is 101 cm³/mol. The van der Waals surface area contributed by atoms with Crippen molar-refractivity contribution >= 4 is 20.8 Å². The van der Waals surface area contributed by atoms with Gasteiger partial charge in [-0.1, -0.05) is 36.4 Å². The molecule has 0 spiro atoms. The van der Waals surface area contributed by atoms with E-state index in [2.05, 4.69) is 22.3 Å². The first-order chi connectivity index (χ1) is 12.1. The summed E-state index contributed by atoms with van der Waals surface area (Å²) in [6.45, 7) is 6.50. The van der Waals surface area contributed by atoms with Gasteiger partial charge in [0, 0.05) is 19.1 Å². The van der Waals surface area contributed by atoms with Gasteiger partial charge in [-0.05, 0) is 54.1 Å². The van der Waals surface area contributed by atoms with Crippen molar-refractivity contribution < 1.29 is 8.42 Å². The molecule has 0 saturated carbocycles. The molecule has 4 unspecified atom stereocenters. The third-order valence-electron chi connectivity index (χ3n) is 5.77. The quantitative estimate of drug-likeness (QED) is 0.838. The standard InChI is InChI=1S/C20H24N2O2S/c1-2-15-14-22-10-9-18(15)11-19(22)13-21-25(23,24)20-8-7-16-5-3-4-6-17(16)12-20/h2-8,12,15,18-19,21H,1,9-11,13-14H2. The Labute approximate surface area is 149 Å². The number of nitrogens with one attached hydrogen (secondary N) is 1. The molecule has 3 fully saturated rings. The molecule has 0 aromatic heterocycles. The Kier molecular flexibility index (Phi) is 4.40. The van der Waals surface area contributed by atoms with Crippen LogP contribution in [0.2, 0.25) is 0 Å². The predicted octanol–water partition coefficient (Wildman–Crippen LogP) is 3.01. The second kappa shape index (κ2) is 6.56. The van der Waals surface area contributed by atoms with E-state index in [0.717, 1.165) is 30.3 Å². The summed E-state index contributed by atoms with van der Waals surface area (Å²) in [5.74, 6) is 1.21. The fraction of sp³-hybridized carbons (Fsp3) is 0.400. The Morgan fingerprint density at radius 3 is 2.72 bits per heavy atom. The highest BCUT2D eigenvalue weighted by atomic mass is 32.2. The minimum atomic E-state index is -3.48. The van der Waals surface area contributed by atoms with Crippen LogP contribution in [0.5, 0.6) is 0 Å². The minimum absolute atomic E-state index is 0.296. The molecule has 25 heavy (non-hydrogen) atoms. The molecule has 0 aliphatic carbocycles. The van der Waals surface area contributed by atoms with Crippen molar-refractivity contribution in [2.75, 3.05) is 19.6 Å². The summed E-state index contributed by atoms with van der Waals surface area (Å²) in [5.41, 5.74) is 0. The Hall–Kier alpha value is -1.69. The molecule has 0 amide bonds. The van der Waals surface area contributed by atoms with E-state index in [9.17, 15) is 8.42 Å². The second-order valence-corrected chi connectivity index (χ2v) is 8.96. The SMILES string of the molecule is C=CC1CN2CCC1CC2CNS(=O)(=O)c1ccc2ccccc2c1. The molecule has 4 atom stereocenters. The van der Waals surface area contributed by atoms with Crippen LogP contribution in [0.15, 0.2) is 60.0 Å². The summed E-state index contributed by atoms with van der Waals surface area (Å²) in [6.07, 6.45) is 4.31. The van der Waals surface area contributed by atoms with Crippen molar-refractivity contribution in [2.45, 2.75) is 23.8 Å². The van der Waals surface area contributed by atoms with Crippen molar-refractivity contribution in [3.63, 3.8) is 0 Å². The van der Waals surface area contributed by atoms with E-state index in [1.165, 1.54) is 6.42 Å². The van der Waals surface area contributed by atoms with Gasteiger partial charge in [-0.3, -0.25) is 4.90 Å². The van der Waals surface area contributed by atoms with Gasteiger partial charge >= 0.3 is 0 Å². The Morgan fingerprint density at radius 1 is 1.20 bits per heavy atom. The highest BCUT2D eigenvalue weighted by Crippen LogP contribution is 2.36. The van der Waals surface area contributed by atoms with Crippen molar-refractivity contribution in [1.29, 1.82) is 0 Å². The van der Waals surface area contributed by atoms with E-state index >= 15 is 0 Å². The van der Waals surface area contributed by atoms with Crippen molar-refractivity contribution in [1.82, 2.24) is 9.62 Å². The molecule has 2 aromatic carbocycles. The number of nitrogens with zero attached hydrogens (tertiary/aromatic N) is 1. The van der Waals surface area contributed by atoms with Crippen LogP contribution in [0.4, 0.5) is 0 Å². The maximum atomic E-state index is 12.7. The molecule has 3 aliphatic rings. The zero-order valence-corrected chi connectivity index (χ0v) is 15.1. The first-order valence-corrected chi connectivity index (χ1v) is 10.4. The molecule has 3 heterocycles. The van der Waals surface area contributed by atoms with Crippen LogP contribution >= 0.6 is 0 Å². The lowest BCUT2D eigenvalue weighted by atomic mass is 9.76. The minimum Gasteiger partial charge on any atom is -0.298 e. The number of fused-ring (bicyclic) bond motifs is 4. The molecule has 1 N–H and O–H groups in total. The van der Waals surface area contributed by atoms with Crippen molar-refractivity contribution in [3.05, 3.63) is 55.1 Å². The summed E-state index contributed by atoms with van der Waals surface area (Å²) >= 11 is 0. The molecular weight excluding hydrogens is 332 g/mol. The summed E-state index contributed by atoms with van der Waals surface area (Å²) in [4.78, 5) is 2.75. The van der Waals surface area contributed by atoms with Gasteiger partial charge in [0.1, 0.15) is 0 Å². The molecule has 2 aromatic rings. The number of hydrogen-bond acceptors (Lipinski definition) is 3. The summed E-state index contributed by atoms with van der Waals surface area (Å²) in [7, 11) is -3.48. The summed E-state index contributed by atoms with van der Waals surface area (Å²) < 4.78 is 28.2. The van der Waals surface area contributed by atoms with Gasteiger partial charge in [0.25, 0.3) is 0 Å². The highest BCUT2D eigenvalue weighted by molar-refractivity contribution is 7.89. The smallest absolute Gasteiger partial charge is 0.240 e. The third kappa shape index (κ3) is 3.24. The van der Waals surface area contributed by atoms with Gasteiger partial charge < -0.3 is 0 Å². The van der Waals surface area contributed by atoms with Crippen LogP contribution in [-0.4, -0.2) is 39.0 Å². The van der Waals surface area contributed by atoms with E-state index in [-0.39, 0.29) is 0 Å². The number of hydrogen-bond donors (Lipinski definition) is 1. The van der Waals surface area contributed by atoms with E-state index < -0.39 is 10.0 Å². The van der Waals surface area contributed by atoms with Gasteiger partial charge in [0.05, 0.1) is 4.90 Å². The van der Waals surface area contributed by atoms with Crippen LogP contribution in [0.25, 0.3) is 10.8 Å². The first kappa shape index (κ1) is 16.8. The van der Waals surface area contributed by atoms with Crippen LogP contribution in [0.3, 0.4) is 0 Å². The van der Waals surface area contributed by atoms with Gasteiger partial charge in [0.15, 0.2) is 0 Å². The lowest BCUT2D eigenvalue weighted by molar-refractivity contribution is 0.0218. The van der Waals surface area contributed by atoms with Gasteiger partial charge in [-0.2, -0.15) is 0 Å². The maximum Gasteiger partial charge on any atom is 0.240 e. The van der Waals surface area contributed by atoms with Crippen LogP contribution in [0, 0.1) is 11.8 Å². The van der Waals surface area contributed by atoms with Gasteiger partial charge in [-0.15, -0.1) is 6.58 Å². The Morgan fingerprint density at radius 2 is 2.00 bits per heavy atom. The molecule has 5 rings (SSSR count). The number of benzene rings is 2. The summed E-state index contributed by atoms with van der Waals surface area (Å²) in [5, 5.41) is 1.99. The average Bonchev–Trinajstić information content (AvgIpc) is 2.66. The summed E-state index contributed by atoms with van der Waals surface area (Å²) in [6, 6.07) is 13.4. The zero-order valence-electron chi connectivity index (χ0n) is 14.3. The molecule has 5 heteroatoms. The van der Waals surface area contributed by atoms with E-state index in [0.29, 0.717) is 29.3 Å². The lowest BCUT2D eigenvalue weighted by Gasteiger charge is -2.49. The Bertz CT molecular complexity index is 893. The monoisotopic (exact) mass is 356 g/mol. The molecule has 3 aliphatic heterocycles. The number of sulfonamides is 1. The average molecular weight is 356 g/mol. The third-order valence-corrected chi connectivity index (χ3v) is 7.19. The topological polar surface area (TPSA) is 49.4 Å². The number of rotatable bonds is 5. The molecule has 132 valence electrons. The van der Waals surface area contributed by atoms with Crippen LogP contribution < -0.4 is 4.72 Å². The normalized spacial score (nSPS) is 29.0. The van der Waals surface area contributed by atoms with E-state index in [4.69, 9.17) is 0 Å². The van der Waals surface area contributed by atoms with Crippen molar-refractivity contribution in [3.8, 4) is 0 Å². The van der Waals surface area contributed by atoms with Gasteiger partial charge in [-0.25, -0.2) is 13.1 Å². The second-order valence-electron chi connectivity index (χ2n) is 7.19.